The Morgan fingerprint density at radius 1 is 0.889 bits per heavy atom. The molecule has 0 radical (unpaired) electrons. The topological polar surface area (TPSA) is 60.2 Å². The molecule has 6 heteroatoms. The van der Waals surface area contributed by atoms with Crippen molar-refractivity contribution in [2.45, 2.75) is 16.7 Å². The van der Waals surface area contributed by atoms with Crippen LogP contribution in [0.3, 0.4) is 0 Å². The summed E-state index contributed by atoms with van der Waals surface area (Å²) in [6.45, 7) is 1.44. The normalized spacial score (nSPS) is 10.6. The molecule has 0 aliphatic carbocycles. The fourth-order valence-corrected chi connectivity index (χ4v) is 3.84. The van der Waals surface area contributed by atoms with Gasteiger partial charge in [-0.1, -0.05) is 59.2 Å². The van der Waals surface area contributed by atoms with E-state index in [9.17, 15) is 9.59 Å². The molecule has 0 unspecified atom stereocenters. The number of carbonyl (C=O) groups excluding carboxylic acids is 2. The summed E-state index contributed by atoms with van der Waals surface area (Å²) in [4.78, 5) is 26.3. The molecular weight excluding hydrogens is 401 g/mol. The van der Waals surface area contributed by atoms with Crippen molar-refractivity contribution < 1.29 is 9.59 Å². The molecule has 0 heterocycles. The van der Waals surface area contributed by atoms with Crippen LogP contribution in [0.4, 0.5) is 5.69 Å². The molecule has 0 spiro atoms. The molecule has 3 aromatic rings. The molecule has 0 fully saturated rings. The Balaban J connectivity index is 1.89. The number of ketones is 2. The number of halogens is 2. The molecule has 0 aliphatic rings. The maximum Gasteiger partial charge on any atom is 0.193 e. The first kappa shape index (κ1) is 19.5. The van der Waals surface area contributed by atoms with Crippen LogP contribution in [0.5, 0.6) is 0 Å². The third-order valence-electron chi connectivity index (χ3n) is 3.94. The highest BCUT2D eigenvalue weighted by molar-refractivity contribution is 7.99. The lowest BCUT2D eigenvalue weighted by Crippen LogP contribution is -2.08. The van der Waals surface area contributed by atoms with Gasteiger partial charge >= 0.3 is 0 Å². The molecular formula is C21H15Cl2NO2S. The third-order valence-corrected chi connectivity index (χ3v) is 5.76. The van der Waals surface area contributed by atoms with E-state index < -0.39 is 0 Å². The van der Waals surface area contributed by atoms with Gasteiger partial charge in [0.05, 0.1) is 10.0 Å². The summed E-state index contributed by atoms with van der Waals surface area (Å²) in [5.74, 6) is -0.391. The van der Waals surface area contributed by atoms with E-state index >= 15 is 0 Å². The van der Waals surface area contributed by atoms with E-state index in [-0.39, 0.29) is 11.6 Å². The first-order chi connectivity index (χ1) is 12.9. The molecule has 0 saturated heterocycles. The Labute approximate surface area is 171 Å². The fourth-order valence-electron chi connectivity index (χ4n) is 2.59. The van der Waals surface area contributed by atoms with E-state index in [2.05, 4.69) is 0 Å². The molecule has 0 aromatic heterocycles. The average molecular weight is 416 g/mol. The van der Waals surface area contributed by atoms with Crippen LogP contribution >= 0.6 is 35.0 Å². The predicted octanol–water partition coefficient (Wildman–Crippen LogP) is 6.16. The van der Waals surface area contributed by atoms with Gasteiger partial charge in [-0.2, -0.15) is 0 Å². The molecule has 3 rings (SSSR count). The number of nitrogens with two attached hydrogens (primary N) is 1. The SMILES string of the molecule is CC(=O)c1ccccc1C(=O)c1ccc(Sc2ccc(Cl)c(Cl)c2)c(N)c1. The standard InChI is InChI=1S/C21H15Cl2NO2S/c1-12(25)15-4-2-3-5-16(15)21(26)13-6-9-20(19(24)10-13)27-14-7-8-17(22)18(23)11-14/h2-11H,24H2,1H3. The van der Waals surface area contributed by atoms with E-state index in [1.807, 2.05) is 6.07 Å². The Bertz CT molecular complexity index is 1050. The van der Waals surface area contributed by atoms with Crippen LogP contribution in [0.2, 0.25) is 10.0 Å². The van der Waals surface area contributed by atoms with Gasteiger partial charge in [0.15, 0.2) is 11.6 Å². The Hall–Kier alpha value is -2.27. The smallest absolute Gasteiger partial charge is 0.193 e. The minimum Gasteiger partial charge on any atom is -0.398 e. The van der Waals surface area contributed by atoms with Crippen LogP contribution in [-0.4, -0.2) is 11.6 Å². The summed E-state index contributed by atoms with van der Waals surface area (Å²) in [6.07, 6.45) is 0. The molecule has 136 valence electrons. The van der Waals surface area contributed by atoms with Gasteiger partial charge in [0.1, 0.15) is 0 Å². The van der Waals surface area contributed by atoms with E-state index in [0.29, 0.717) is 32.4 Å². The summed E-state index contributed by atoms with van der Waals surface area (Å²) in [5.41, 5.74) is 7.82. The first-order valence-corrected chi connectivity index (χ1v) is 9.61. The second kappa shape index (κ2) is 8.17. The zero-order valence-corrected chi connectivity index (χ0v) is 16.7. The zero-order valence-electron chi connectivity index (χ0n) is 14.3. The maximum absolute atomic E-state index is 12.8. The number of hydrogen-bond acceptors (Lipinski definition) is 4. The second-order valence-electron chi connectivity index (χ2n) is 5.86. The summed E-state index contributed by atoms with van der Waals surface area (Å²) in [6, 6.07) is 17.2. The molecule has 0 atom stereocenters. The summed E-state index contributed by atoms with van der Waals surface area (Å²) < 4.78 is 0. The van der Waals surface area contributed by atoms with Crippen molar-refractivity contribution in [1.29, 1.82) is 0 Å². The van der Waals surface area contributed by atoms with Crippen LogP contribution in [0.1, 0.15) is 33.2 Å². The second-order valence-corrected chi connectivity index (χ2v) is 7.79. The highest BCUT2D eigenvalue weighted by Crippen LogP contribution is 2.36. The van der Waals surface area contributed by atoms with Gasteiger partial charge in [-0.3, -0.25) is 9.59 Å². The van der Waals surface area contributed by atoms with Crippen LogP contribution in [-0.2, 0) is 0 Å². The number of nitrogen functional groups attached to an aromatic ring is 1. The Morgan fingerprint density at radius 3 is 2.22 bits per heavy atom. The van der Waals surface area contributed by atoms with Crippen molar-refractivity contribution in [2.24, 2.45) is 0 Å². The molecule has 0 aliphatic heterocycles. The van der Waals surface area contributed by atoms with Gasteiger partial charge in [0.2, 0.25) is 0 Å². The van der Waals surface area contributed by atoms with E-state index in [4.69, 9.17) is 28.9 Å². The molecule has 27 heavy (non-hydrogen) atoms. The monoisotopic (exact) mass is 415 g/mol. The average Bonchev–Trinajstić information content (AvgIpc) is 2.65. The molecule has 3 aromatic carbocycles. The predicted molar refractivity (Wildman–Crippen MR) is 111 cm³/mol. The lowest BCUT2D eigenvalue weighted by molar-refractivity contribution is 0.0990. The molecule has 2 N–H and O–H groups in total. The lowest BCUT2D eigenvalue weighted by Gasteiger charge is -2.10. The zero-order chi connectivity index (χ0) is 19.6. The van der Waals surface area contributed by atoms with Crippen molar-refractivity contribution in [3.63, 3.8) is 0 Å². The van der Waals surface area contributed by atoms with Gasteiger partial charge in [-0.25, -0.2) is 0 Å². The third kappa shape index (κ3) is 4.35. The number of anilines is 1. The number of hydrogen-bond donors (Lipinski definition) is 1. The van der Waals surface area contributed by atoms with Crippen molar-refractivity contribution in [1.82, 2.24) is 0 Å². The molecule has 0 saturated carbocycles. The largest absolute Gasteiger partial charge is 0.398 e. The van der Waals surface area contributed by atoms with Crippen molar-refractivity contribution in [3.05, 3.63) is 87.4 Å². The van der Waals surface area contributed by atoms with Gasteiger partial charge < -0.3 is 5.73 Å². The van der Waals surface area contributed by atoms with Crippen molar-refractivity contribution >= 4 is 52.2 Å². The first-order valence-electron chi connectivity index (χ1n) is 8.04. The Kier molecular flexibility index (Phi) is 5.90. The van der Waals surface area contributed by atoms with Crippen molar-refractivity contribution in [3.8, 4) is 0 Å². The quantitative estimate of drug-likeness (QED) is 0.400. The maximum atomic E-state index is 12.8. The van der Waals surface area contributed by atoms with E-state index in [1.54, 1.807) is 54.6 Å². The van der Waals surface area contributed by atoms with Gasteiger partial charge in [-0.15, -0.1) is 0 Å². The van der Waals surface area contributed by atoms with Crippen LogP contribution in [0.15, 0.2) is 70.5 Å². The number of rotatable bonds is 5. The highest BCUT2D eigenvalue weighted by Gasteiger charge is 2.17. The summed E-state index contributed by atoms with van der Waals surface area (Å²) in [5, 5.41) is 0.951. The summed E-state index contributed by atoms with van der Waals surface area (Å²) >= 11 is 13.4. The Morgan fingerprint density at radius 2 is 1.59 bits per heavy atom. The van der Waals surface area contributed by atoms with Crippen LogP contribution in [0, 0.1) is 0 Å². The van der Waals surface area contributed by atoms with Crippen LogP contribution in [0.25, 0.3) is 0 Å². The molecule has 0 amide bonds. The van der Waals surface area contributed by atoms with Gasteiger partial charge in [0.25, 0.3) is 0 Å². The van der Waals surface area contributed by atoms with E-state index in [0.717, 1.165) is 9.79 Å². The van der Waals surface area contributed by atoms with Crippen molar-refractivity contribution in [2.75, 3.05) is 5.73 Å². The number of benzene rings is 3. The molecule has 0 bridgehead atoms. The number of carbonyl (C=O) groups is 2. The van der Waals surface area contributed by atoms with Gasteiger partial charge in [-0.05, 0) is 43.3 Å². The van der Waals surface area contributed by atoms with Crippen LogP contribution < -0.4 is 5.73 Å². The summed E-state index contributed by atoms with van der Waals surface area (Å²) in [7, 11) is 0. The highest BCUT2D eigenvalue weighted by atomic mass is 35.5. The lowest BCUT2D eigenvalue weighted by atomic mass is 9.96. The number of Topliss-reactive ketones (excluding diaryl/α,β-unsaturated/α-hetero) is 1. The van der Waals surface area contributed by atoms with Gasteiger partial charge in [0, 0.05) is 32.2 Å². The minimum absolute atomic E-state index is 0.154. The minimum atomic E-state index is -0.237. The van der Waals surface area contributed by atoms with E-state index in [1.165, 1.54) is 18.7 Å². The fraction of sp³-hybridized carbons (Fsp3) is 0.0476. The molecule has 3 nitrogen and oxygen atoms in total.